The van der Waals surface area contributed by atoms with E-state index in [0.717, 1.165) is 32.1 Å². The molecule has 0 radical (unpaired) electrons. The van der Waals surface area contributed by atoms with Gasteiger partial charge in [0.1, 0.15) is 0 Å². The lowest BCUT2D eigenvalue weighted by atomic mass is 9.83. The first-order valence-electron chi connectivity index (χ1n) is 6.86. The molecule has 1 saturated carbocycles. The highest BCUT2D eigenvalue weighted by Gasteiger charge is 2.31. The van der Waals surface area contributed by atoms with Gasteiger partial charge in [0.15, 0.2) is 4.90 Å². The lowest BCUT2D eigenvalue weighted by Gasteiger charge is -2.33. The van der Waals surface area contributed by atoms with Gasteiger partial charge in [-0.1, -0.05) is 31.4 Å². The standard InChI is InChI=1S/C13H19N3O4S/c14-13(8-4-1-5-9-13)10-15-21(19,20)12-7-3-2-6-11(12)16(17)18/h2-3,6-7,15H,1,4-5,8-10,14H2. The number of rotatable bonds is 5. The van der Waals surface area contributed by atoms with Gasteiger partial charge in [0.25, 0.3) is 5.69 Å². The number of nitrogens with zero attached hydrogens (tertiary/aromatic N) is 1. The first-order valence-corrected chi connectivity index (χ1v) is 8.34. The summed E-state index contributed by atoms with van der Waals surface area (Å²) in [4.78, 5) is 9.90. The van der Waals surface area contributed by atoms with Crippen LogP contribution in [0, 0.1) is 10.1 Å². The number of hydrogen-bond acceptors (Lipinski definition) is 5. The average molecular weight is 313 g/mol. The molecule has 21 heavy (non-hydrogen) atoms. The molecule has 0 amide bonds. The molecular weight excluding hydrogens is 294 g/mol. The molecule has 8 heteroatoms. The Bertz CT molecular complexity index is 624. The van der Waals surface area contributed by atoms with Crippen molar-refractivity contribution in [3.05, 3.63) is 34.4 Å². The number of nitro benzene ring substituents is 1. The van der Waals surface area contributed by atoms with E-state index in [1.54, 1.807) is 0 Å². The van der Waals surface area contributed by atoms with Crippen LogP contribution in [0.15, 0.2) is 29.2 Å². The van der Waals surface area contributed by atoms with Crippen LogP contribution in [0.25, 0.3) is 0 Å². The lowest BCUT2D eigenvalue weighted by Crippen LogP contribution is -2.51. The molecule has 0 unspecified atom stereocenters. The van der Waals surface area contributed by atoms with Gasteiger partial charge in [-0.25, -0.2) is 13.1 Å². The molecule has 0 spiro atoms. The molecule has 1 aromatic rings. The Kier molecular flexibility index (Phi) is 4.60. The molecule has 2 rings (SSSR count). The third-order valence-corrected chi connectivity index (χ3v) is 5.26. The molecule has 0 bridgehead atoms. The van der Waals surface area contributed by atoms with Crippen molar-refractivity contribution in [3.8, 4) is 0 Å². The van der Waals surface area contributed by atoms with Crippen LogP contribution in [-0.2, 0) is 10.0 Å². The third-order valence-electron chi connectivity index (χ3n) is 3.82. The van der Waals surface area contributed by atoms with Gasteiger partial charge < -0.3 is 5.73 Å². The van der Waals surface area contributed by atoms with Crippen LogP contribution in [0.3, 0.4) is 0 Å². The number of nitrogens with two attached hydrogens (primary N) is 1. The maximum absolute atomic E-state index is 12.3. The number of para-hydroxylation sites is 1. The van der Waals surface area contributed by atoms with Crippen LogP contribution in [0.4, 0.5) is 5.69 Å². The van der Waals surface area contributed by atoms with Crippen LogP contribution in [0.2, 0.25) is 0 Å². The predicted molar refractivity (Wildman–Crippen MR) is 78.3 cm³/mol. The molecule has 0 atom stereocenters. The summed E-state index contributed by atoms with van der Waals surface area (Å²) in [6, 6.07) is 5.29. The molecule has 0 saturated heterocycles. The van der Waals surface area contributed by atoms with E-state index in [4.69, 9.17) is 5.73 Å². The highest BCUT2D eigenvalue weighted by atomic mass is 32.2. The Labute approximate surface area is 123 Å². The monoisotopic (exact) mass is 313 g/mol. The zero-order valence-electron chi connectivity index (χ0n) is 11.6. The van der Waals surface area contributed by atoms with Crippen molar-refractivity contribution in [1.82, 2.24) is 4.72 Å². The molecule has 1 fully saturated rings. The van der Waals surface area contributed by atoms with Crippen molar-refractivity contribution in [2.75, 3.05) is 6.54 Å². The van der Waals surface area contributed by atoms with Crippen molar-refractivity contribution in [2.45, 2.75) is 42.5 Å². The highest BCUT2D eigenvalue weighted by molar-refractivity contribution is 7.89. The lowest BCUT2D eigenvalue weighted by molar-refractivity contribution is -0.387. The van der Waals surface area contributed by atoms with E-state index in [-0.39, 0.29) is 11.4 Å². The predicted octanol–water partition coefficient (Wildman–Crippen LogP) is 1.53. The van der Waals surface area contributed by atoms with Crippen LogP contribution < -0.4 is 10.5 Å². The molecule has 3 N–H and O–H groups in total. The van der Waals surface area contributed by atoms with Gasteiger partial charge in [-0.3, -0.25) is 10.1 Å². The van der Waals surface area contributed by atoms with E-state index in [9.17, 15) is 18.5 Å². The van der Waals surface area contributed by atoms with E-state index in [0.29, 0.717) is 0 Å². The topological polar surface area (TPSA) is 115 Å². The SMILES string of the molecule is NC1(CNS(=O)(=O)c2ccccc2[N+](=O)[O-])CCCCC1. The zero-order chi connectivity index (χ0) is 15.5. The largest absolute Gasteiger partial charge is 0.324 e. The summed E-state index contributed by atoms with van der Waals surface area (Å²) in [6.07, 6.45) is 4.57. The molecule has 0 aromatic heterocycles. The maximum Gasteiger partial charge on any atom is 0.289 e. The smallest absolute Gasteiger partial charge is 0.289 e. The summed E-state index contributed by atoms with van der Waals surface area (Å²) in [5, 5.41) is 10.9. The maximum atomic E-state index is 12.3. The minimum Gasteiger partial charge on any atom is -0.324 e. The first-order chi connectivity index (χ1) is 9.84. The fourth-order valence-corrected chi connectivity index (χ4v) is 3.89. The minimum absolute atomic E-state index is 0.0986. The van der Waals surface area contributed by atoms with E-state index in [1.807, 2.05) is 0 Å². The van der Waals surface area contributed by atoms with Crippen LogP contribution >= 0.6 is 0 Å². The van der Waals surface area contributed by atoms with Crippen LogP contribution in [-0.4, -0.2) is 25.4 Å². The Morgan fingerprint density at radius 3 is 2.48 bits per heavy atom. The van der Waals surface area contributed by atoms with Gasteiger partial charge in [0.05, 0.1) is 4.92 Å². The van der Waals surface area contributed by atoms with Gasteiger partial charge in [0, 0.05) is 18.2 Å². The second kappa shape index (κ2) is 6.08. The zero-order valence-corrected chi connectivity index (χ0v) is 12.4. The van der Waals surface area contributed by atoms with Gasteiger partial charge in [-0.05, 0) is 18.9 Å². The molecule has 0 aliphatic heterocycles. The van der Waals surface area contributed by atoms with Crippen molar-refractivity contribution in [2.24, 2.45) is 5.73 Å². The Morgan fingerprint density at radius 2 is 1.86 bits per heavy atom. The van der Waals surface area contributed by atoms with E-state index in [2.05, 4.69) is 4.72 Å². The van der Waals surface area contributed by atoms with Crippen LogP contribution in [0.1, 0.15) is 32.1 Å². The van der Waals surface area contributed by atoms with Gasteiger partial charge in [-0.2, -0.15) is 0 Å². The van der Waals surface area contributed by atoms with Gasteiger partial charge in [-0.15, -0.1) is 0 Å². The second-order valence-electron chi connectivity index (χ2n) is 5.47. The third kappa shape index (κ3) is 3.78. The minimum atomic E-state index is -3.95. The number of nitrogens with one attached hydrogen (secondary N) is 1. The fourth-order valence-electron chi connectivity index (χ4n) is 2.58. The van der Waals surface area contributed by atoms with E-state index < -0.39 is 26.2 Å². The first kappa shape index (κ1) is 15.9. The molecular formula is C13H19N3O4S. The Hall–Kier alpha value is -1.51. The summed E-state index contributed by atoms with van der Waals surface area (Å²) in [6.45, 7) is 0.0986. The summed E-state index contributed by atoms with van der Waals surface area (Å²) < 4.78 is 27.0. The number of sulfonamides is 1. The van der Waals surface area contributed by atoms with Crippen LogP contribution in [0.5, 0.6) is 0 Å². The highest BCUT2D eigenvalue weighted by Crippen LogP contribution is 2.27. The summed E-state index contributed by atoms with van der Waals surface area (Å²) >= 11 is 0. The summed E-state index contributed by atoms with van der Waals surface area (Å²) in [7, 11) is -3.95. The van der Waals surface area contributed by atoms with Gasteiger partial charge in [0.2, 0.25) is 10.0 Å². The molecule has 1 aromatic carbocycles. The molecule has 0 heterocycles. The molecule has 1 aliphatic carbocycles. The van der Waals surface area contributed by atoms with E-state index >= 15 is 0 Å². The van der Waals surface area contributed by atoms with E-state index in [1.165, 1.54) is 24.3 Å². The van der Waals surface area contributed by atoms with Crippen molar-refractivity contribution in [3.63, 3.8) is 0 Å². The quantitative estimate of drug-likeness (QED) is 0.632. The molecule has 116 valence electrons. The fraction of sp³-hybridized carbons (Fsp3) is 0.538. The molecule has 1 aliphatic rings. The van der Waals surface area contributed by atoms with Crippen molar-refractivity contribution >= 4 is 15.7 Å². The normalized spacial score (nSPS) is 18.3. The Morgan fingerprint density at radius 1 is 1.24 bits per heavy atom. The average Bonchev–Trinajstić information content (AvgIpc) is 2.46. The number of benzene rings is 1. The van der Waals surface area contributed by atoms with Crippen molar-refractivity contribution in [1.29, 1.82) is 0 Å². The molecule has 7 nitrogen and oxygen atoms in total. The van der Waals surface area contributed by atoms with Crippen molar-refractivity contribution < 1.29 is 13.3 Å². The summed E-state index contributed by atoms with van der Waals surface area (Å²) in [5.74, 6) is 0. The Balaban J connectivity index is 2.17. The number of nitro groups is 1. The number of hydrogen-bond donors (Lipinski definition) is 2. The van der Waals surface area contributed by atoms with Gasteiger partial charge >= 0.3 is 0 Å². The summed E-state index contributed by atoms with van der Waals surface area (Å²) in [5.41, 5.74) is 5.19. The second-order valence-corrected chi connectivity index (χ2v) is 7.21.